The molecule has 0 spiro atoms. The third-order valence-corrected chi connectivity index (χ3v) is 2.74. The van der Waals surface area contributed by atoms with Gasteiger partial charge in [0.15, 0.2) is 0 Å². The predicted octanol–water partition coefficient (Wildman–Crippen LogP) is 2.30. The van der Waals surface area contributed by atoms with Crippen molar-refractivity contribution in [2.45, 2.75) is 5.33 Å². The van der Waals surface area contributed by atoms with Crippen molar-refractivity contribution in [2.75, 3.05) is 27.2 Å². The molecule has 0 radical (unpaired) electrons. The van der Waals surface area contributed by atoms with Crippen LogP contribution >= 0.6 is 15.9 Å². The second-order valence-electron chi connectivity index (χ2n) is 3.77. The summed E-state index contributed by atoms with van der Waals surface area (Å²) in [6.07, 6.45) is 0. The lowest BCUT2D eigenvalue weighted by Gasteiger charge is -2.10. The van der Waals surface area contributed by atoms with Crippen molar-refractivity contribution in [3.05, 3.63) is 35.4 Å². The maximum atomic E-state index is 11.6. The van der Waals surface area contributed by atoms with E-state index in [1.54, 1.807) is 6.07 Å². The lowest BCUT2D eigenvalue weighted by Crippen LogP contribution is -2.20. The first-order valence-corrected chi connectivity index (χ1v) is 6.22. The number of hydrogen-bond acceptors (Lipinski definition) is 3. The number of likely N-dealkylation sites (N-methyl/N-ethyl adjacent to an activating group) is 1. The molecule has 4 heteroatoms. The van der Waals surface area contributed by atoms with Crippen molar-refractivity contribution in [1.29, 1.82) is 0 Å². The molecule has 0 saturated carbocycles. The number of carbonyl (C=O) groups is 1. The zero-order valence-corrected chi connectivity index (χ0v) is 11.2. The van der Waals surface area contributed by atoms with Crippen LogP contribution in [0.25, 0.3) is 0 Å². The lowest BCUT2D eigenvalue weighted by molar-refractivity contribution is 0.0482. The van der Waals surface area contributed by atoms with Gasteiger partial charge in [0, 0.05) is 11.9 Å². The topological polar surface area (TPSA) is 29.5 Å². The van der Waals surface area contributed by atoms with Crippen molar-refractivity contribution >= 4 is 21.9 Å². The maximum absolute atomic E-state index is 11.6. The quantitative estimate of drug-likeness (QED) is 0.614. The summed E-state index contributed by atoms with van der Waals surface area (Å²) in [5, 5.41) is 0.742. The highest BCUT2D eigenvalue weighted by Gasteiger charge is 2.07. The third-order valence-electron chi connectivity index (χ3n) is 2.09. The Balaban J connectivity index is 2.52. The van der Waals surface area contributed by atoms with Crippen LogP contribution in [0.4, 0.5) is 0 Å². The molecule has 0 bridgehead atoms. The van der Waals surface area contributed by atoms with E-state index in [1.165, 1.54) is 0 Å². The molecule has 16 heavy (non-hydrogen) atoms. The molecule has 88 valence electrons. The molecule has 0 N–H and O–H groups in total. The number of nitrogens with zero attached hydrogens (tertiary/aromatic N) is 1. The van der Waals surface area contributed by atoms with Gasteiger partial charge in [0.2, 0.25) is 0 Å². The molecule has 3 nitrogen and oxygen atoms in total. The van der Waals surface area contributed by atoms with E-state index >= 15 is 0 Å². The second-order valence-corrected chi connectivity index (χ2v) is 4.33. The van der Waals surface area contributed by atoms with E-state index in [2.05, 4.69) is 15.9 Å². The minimum Gasteiger partial charge on any atom is -0.461 e. The zero-order valence-electron chi connectivity index (χ0n) is 9.57. The summed E-state index contributed by atoms with van der Waals surface area (Å²) < 4.78 is 5.14. The van der Waals surface area contributed by atoms with Crippen LogP contribution < -0.4 is 0 Å². The Kier molecular flexibility index (Phi) is 5.49. The van der Waals surface area contributed by atoms with Gasteiger partial charge < -0.3 is 9.64 Å². The summed E-state index contributed by atoms with van der Waals surface area (Å²) in [7, 11) is 3.89. The molecule has 0 atom stereocenters. The molecule has 1 rings (SSSR count). The minimum atomic E-state index is -0.260. The van der Waals surface area contributed by atoms with Crippen LogP contribution in [0.1, 0.15) is 15.9 Å². The summed E-state index contributed by atoms with van der Waals surface area (Å²) in [6.45, 7) is 1.16. The van der Waals surface area contributed by atoms with Crippen molar-refractivity contribution in [1.82, 2.24) is 4.90 Å². The van der Waals surface area contributed by atoms with Crippen LogP contribution in [-0.2, 0) is 10.1 Å². The van der Waals surface area contributed by atoms with Gasteiger partial charge in [0.1, 0.15) is 6.61 Å². The van der Waals surface area contributed by atoms with Crippen molar-refractivity contribution < 1.29 is 9.53 Å². The number of alkyl halides is 1. The van der Waals surface area contributed by atoms with E-state index in [0.29, 0.717) is 12.2 Å². The average Bonchev–Trinajstić information content (AvgIpc) is 2.28. The molecular weight excluding hydrogens is 270 g/mol. The number of ether oxygens (including phenoxy) is 1. The summed E-state index contributed by atoms with van der Waals surface area (Å²) in [5.74, 6) is -0.260. The largest absolute Gasteiger partial charge is 0.461 e. The van der Waals surface area contributed by atoms with Crippen LogP contribution in [0, 0.1) is 0 Å². The van der Waals surface area contributed by atoms with Crippen molar-refractivity contribution in [3.63, 3.8) is 0 Å². The van der Waals surface area contributed by atoms with Gasteiger partial charge in [-0.3, -0.25) is 0 Å². The first kappa shape index (κ1) is 13.2. The number of rotatable bonds is 5. The highest BCUT2D eigenvalue weighted by atomic mass is 79.9. The third kappa shape index (κ3) is 4.33. The lowest BCUT2D eigenvalue weighted by atomic mass is 10.1. The first-order chi connectivity index (χ1) is 7.63. The normalized spacial score (nSPS) is 10.5. The fraction of sp³-hybridized carbons (Fsp3) is 0.417. The monoisotopic (exact) mass is 285 g/mol. The Hall–Kier alpha value is -0.870. The predicted molar refractivity (Wildman–Crippen MR) is 67.9 cm³/mol. The molecule has 1 aromatic carbocycles. The van der Waals surface area contributed by atoms with Gasteiger partial charge >= 0.3 is 5.97 Å². The van der Waals surface area contributed by atoms with Crippen LogP contribution in [0.2, 0.25) is 0 Å². The van der Waals surface area contributed by atoms with Gasteiger partial charge in [0.05, 0.1) is 5.56 Å². The summed E-state index contributed by atoms with van der Waals surface area (Å²) in [6, 6.07) is 7.43. The summed E-state index contributed by atoms with van der Waals surface area (Å²) in [5.41, 5.74) is 1.68. The van der Waals surface area contributed by atoms with Crippen LogP contribution in [0.3, 0.4) is 0 Å². The molecule has 0 aliphatic heterocycles. The van der Waals surface area contributed by atoms with Crippen molar-refractivity contribution in [3.8, 4) is 0 Å². The standard InChI is InChI=1S/C12H16BrNO2/c1-14(2)6-7-16-12(15)11-5-3-4-10(8-11)9-13/h3-5,8H,6-7,9H2,1-2H3. The van der Waals surface area contributed by atoms with Gasteiger partial charge in [-0.05, 0) is 31.8 Å². The van der Waals surface area contributed by atoms with E-state index in [4.69, 9.17) is 4.74 Å². The van der Waals surface area contributed by atoms with E-state index < -0.39 is 0 Å². The van der Waals surface area contributed by atoms with Gasteiger partial charge in [0.25, 0.3) is 0 Å². The molecule has 0 aliphatic carbocycles. The second kappa shape index (κ2) is 6.66. The van der Waals surface area contributed by atoms with Gasteiger partial charge in [-0.1, -0.05) is 28.1 Å². The summed E-state index contributed by atoms with van der Waals surface area (Å²) >= 11 is 3.35. The molecule has 0 aromatic heterocycles. The molecule has 0 saturated heterocycles. The molecule has 0 unspecified atom stereocenters. The van der Waals surface area contributed by atoms with E-state index in [-0.39, 0.29) is 5.97 Å². The molecular formula is C12H16BrNO2. The molecule has 0 amide bonds. The number of carbonyl (C=O) groups excluding carboxylic acids is 1. The Labute approximate surface area is 105 Å². The fourth-order valence-electron chi connectivity index (χ4n) is 1.19. The maximum Gasteiger partial charge on any atom is 0.338 e. The molecule has 0 heterocycles. The highest BCUT2D eigenvalue weighted by molar-refractivity contribution is 9.08. The highest BCUT2D eigenvalue weighted by Crippen LogP contribution is 2.09. The Bertz CT molecular complexity index is 353. The van der Waals surface area contributed by atoms with Gasteiger partial charge in [-0.2, -0.15) is 0 Å². The molecule has 1 aromatic rings. The fourth-order valence-corrected chi connectivity index (χ4v) is 1.53. The van der Waals surface area contributed by atoms with E-state index in [1.807, 2.05) is 37.2 Å². The summed E-state index contributed by atoms with van der Waals surface area (Å²) in [4.78, 5) is 13.6. The van der Waals surface area contributed by atoms with E-state index in [0.717, 1.165) is 17.4 Å². The van der Waals surface area contributed by atoms with Gasteiger partial charge in [-0.25, -0.2) is 4.79 Å². The minimum absolute atomic E-state index is 0.260. The van der Waals surface area contributed by atoms with Crippen LogP contribution in [-0.4, -0.2) is 38.1 Å². The number of esters is 1. The van der Waals surface area contributed by atoms with Crippen LogP contribution in [0.15, 0.2) is 24.3 Å². The number of benzene rings is 1. The Morgan fingerprint density at radius 3 is 2.81 bits per heavy atom. The van der Waals surface area contributed by atoms with Crippen molar-refractivity contribution in [2.24, 2.45) is 0 Å². The average molecular weight is 286 g/mol. The molecule has 0 fully saturated rings. The van der Waals surface area contributed by atoms with E-state index in [9.17, 15) is 4.79 Å². The SMILES string of the molecule is CN(C)CCOC(=O)c1cccc(CBr)c1. The zero-order chi connectivity index (χ0) is 12.0. The van der Waals surface area contributed by atoms with Gasteiger partial charge in [-0.15, -0.1) is 0 Å². The number of hydrogen-bond donors (Lipinski definition) is 0. The molecule has 0 aliphatic rings. The smallest absolute Gasteiger partial charge is 0.338 e. The Morgan fingerprint density at radius 2 is 2.19 bits per heavy atom. The van der Waals surface area contributed by atoms with Crippen LogP contribution in [0.5, 0.6) is 0 Å². The Morgan fingerprint density at radius 1 is 1.44 bits per heavy atom. The first-order valence-electron chi connectivity index (χ1n) is 5.10. The number of halogens is 1.